The molecular weight excluding hydrogens is 300 g/mol. The Morgan fingerprint density at radius 1 is 1.50 bits per heavy atom. The molecule has 0 aliphatic rings. The molecule has 20 heavy (non-hydrogen) atoms. The van der Waals surface area contributed by atoms with Crippen molar-refractivity contribution >= 4 is 33.1 Å². The zero-order valence-electron chi connectivity index (χ0n) is 11.2. The quantitative estimate of drug-likeness (QED) is 0.684. The number of hydrogen-bond donors (Lipinski definition) is 2. The molecule has 0 aromatic carbocycles. The minimum Gasteiger partial charge on any atom is -0.388 e. The van der Waals surface area contributed by atoms with Crippen LogP contribution < -0.4 is 10.5 Å². The van der Waals surface area contributed by atoms with Crippen LogP contribution in [0.3, 0.4) is 0 Å². The number of aromatic nitrogens is 1. The Kier molecular flexibility index (Phi) is 5.54. The van der Waals surface area contributed by atoms with Crippen LogP contribution in [0.25, 0.3) is 0 Å². The summed E-state index contributed by atoms with van der Waals surface area (Å²) in [4.78, 5) is 16.4. The zero-order chi connectivity index (χ0) is 15.3. The third-order valence-electron chi connectivity index (χ3n) is 2.42. The number of nitrogens with zero attached hydrogens (tertiary/aromatic N) is 2. The number of amides is 1. The predicted molar refractivity (Wildman–Crippen MR) is 78.6 cm³/mol. The van der Waals surface area contributed by atoms with Crippen molar-refractivity contribution in [3.05, 3.63) is 24.0 Å². The largest absolute Gasteiger partial charge is 0.388 e. The molecule has 7 nitrogen and oxygen atoms in total. The maximum absolute atomic E-state index is 12.1. The minimum atomic E-state index is -3.81. The molecule has 0 saturated carbocycles. The first-order valence-corrected chi connectivity index (χ1v) is 7.59. The second-order valence-corrected chi connectivity index (χ2v) is 6.33. The van der Waals surface area contributed by atoms with Gasteiger partial charge in [-0.25, -0.2) is 13.1 Å². The van der Waals surface area contributed by atoms with Gasteiger partial charge in [-0.15, -0.1) is 0 Å². The molecule has 110 valence electrons. The van der Waals surface area contributed by atoms with Crippen molar-refractivity contribution in [3.63, 3.8) is 0 Å². The maximum Gasteiger partial charge on any atom is 0.242 e. The van der Waals surface area contributed by atoms with Gasteiger partial charge in [-0.05, 0) is 12.1 Å². The van der Waals surface area contributed by atoms with Gasteiger partial charge in [0.15, 0.2) is 0 Å². The van der Waals surface area contributed by atoms with Crippen LogP contribution in [0.2, 0.25) is 0 Å². The van der Waals surface area contributed by atoms with Crippen LogP contribution >= 0.6 is 12.2 Å². The fourth-order valence-electron chi connectivity index (χ4n) is 1.39. The van der Waals surface area contributed by atoms with Gasteiger partial charge in [-0.2, -0.15) is 0 Å². The molecule has 0 aliphatic heterocycles. The lowest BCUT2D eigenvalue weighted by Crippen LogP contribution is -2.31. The summed E-state index contributed by atoms with van der Waals surface area (Å²) in [6, 6.07) is 2.83. The summed E-state index contributed by atoms with van der Waals surface area (Å²) < 4.78 is 26.6. The van der Waals surface area contributed by atoms with Crippen LogP contribution in [0.1, 0.15) is 12.1 Å². The van der Waals surface area contributed by atoms with Crippen molar-refractivity contribution in [2.45, 2.75) is 11.3 Å². The normalized spacial score (nSPS) is 11.1. The highest BCUT2D eigenvalue weighted by Crippen LogP contribution is 2.12. The van der Waals surface area contributed by atoms with E-state index in [1.807, 2.05) is 0 Å². The summed E-state index contributed by atoms with van der Waals surface area (Å²) in [5, 5.41) is 0. The van der Waals surface area contributed by atoms with Crippen LogP contribution in [0, 0.1) is 0 Å². The minimum absolute atomic E-state index is 0.00891. The van der Waals surface area contributed by atoms with Gasteiger partial charge >= 0.3 is 0 Å². The van der Waals surface area contributed by atoms with Gasteiger partial charge < -0.3 is 10.6 Å². The number of rotatable bonds is 6. The lowest BCUT2D eigenvalue weighted by atomic mass is 10.3. The molecule has 3 N–H and O–H groups in total. The average molecular weight is 316 g/mol. The molecule has 0 fully saturated rings. The molecule has 0 unspecified atom stereocenters. The van der Waals surface area contributed by atoms with Crippen molar-refractivity contribution in [2.24, 2.45) is 5.73 Å². The van der Waals surface area contributed by atoms with Gasteiger partial charge in [0, 0.05) is 33.3 Å². The van der Waals surface area contributed by atoms with Gasteiger partial charge in [0.05, 0.1) is 0 Å². The molecule has 0 bridgehead atoms. The summed E-state index contributed by atoms with van der Waals surface area (Å²) in [5.41, 5.74) is 5.48. The van der Waals surface area contributed by atoms with E-state index in [4.69, 9.17) is 18.0 Å². The number of nitrogens with two attached hydrogens (primary N) is 1. The first kappa shape index (κ1) is 16.5. The molecule has 1 aromatic heterocycles. The molecular formula is C11H16N4O3S2. The molecule has 1 amide bonds. The standard InChI is InChI=1S/C11H16N4O3S2/c1-15(2)9(16)5-7-14-20(17,18)8-4-3-6-13-10(8)11(12)19/h3-4,6,14H,5,7H2,1-2H3,(H2,12,19). The molecule has 0 saturated heterocycles. The van der Waals surface area contributed by atoms with Gasteiger partial charge in [-0.3, -0.25) is 9.78 Å². The number of hydrogen-bond acceptors (Lipinski definition) is 5. The van der Waals surface area contributed by atoms with E-state index in [0.717, 1.165) is 0 Å². The summed E-state index contributed by atoms with van der Waals surface area (Å²) in [6.07, 6.45) is 1.47. The number of thiocarbonyl (C=S) groups is 1. The maximum atomic E-state index is 12.1. The first-order chi connectivity index (χ1) is 9.25. The third-order valence-corrected chi connectivity index (χ3v) is 4.11. The van der Waals surface area contributed by atoms with Gasteiger partial charge in [0.2, 0.25) is 15.9 Å². The highest BCUT2D eigenvalue weighted by Gasteiger charge is 2.20. The fourth-order valence-corrected chi connectivity index (χ4v) is 2.81. The number of nitrogens with one attached hydrogen (secondary N) is 1. The lowest BCUT2D eigenvalue weighted by molar-refractivity contribution is -0.128. The molecule has 1 heterocycles. The van der Waals surface area contributed by atoms with Crippen LogP contribution in [0.4, 0.5) is 0 Å². The smallest absolute Gasteiger partial charge is 0.242 e. The highest BCUT2D eigenvalue weighted by atomic mass is 32.2. The second-order valence-electron chi connectivity index (χ2n) is 4.15. The average Bonchev–Trinajstić information content (AvgIpc) is 2.38. The fraction of sp³-hybridized carbons (Fsp3) is 0.364. The summed E-state index contributed by atoms with van der Waals surface area (Å²) in [6.45, 7) is -0.00891. The van der Waals surface area contributed by atoms with E-state index in [9.17, 15) is 13.2 Å². The summed E-state index contributed by atoms with van der Waals surface area (Å²) >= 11 is 4.77. The molecule has 1 aromatic rings. The van der Waals surface area contributed by atoms with Crippen LogP contribution in [0.5, 0.6) is 0 Å². The van der Waals surface area contributed by atoms with E-state index in [1.54, 1.807) is 14.1 Å². The van der Waals surface area contributed by atoms with Crippen molar-refractivity contribution in [3.8, 4) is 0 Å². The first-order valence-electron chi connectivity index (χ1n) is 5.70. The Labute approximate surface area is 123 Å². The molecule has 9 heteroatoms. The Morgan fingerprint density at radius 3 is 2.70 bits per heavy atom. The Hall–Kier alpha value is -1.58. The molecule has 0 spiro atoms. The summed E-state index contributed by atoms with van der Waals surface area (Å²) in [7, 11) is -0.608. The number of sulfonamides is 1. The highest BCUT2D eigenvalue weighted by molar-refractivity contribution is 7.89. The molecule has 0 aliphatic carbocycles. The van der Waals surface area contributed by atoms with E-state index >= 15 is 0 Å². The van der Waals surface area contributed by atoms with E-state index in [-0.39, 0.29) is 34.5 Å². The SMILES string of the molecule is CN(C)C(=O)CCNS(=O)(=O)c1cccnc1C(N)=S. The Morgan fingerprint density at radius 2 is 2.15 bits per heavy atom. The van der Waals surface area contributed by atoms with Crippen LogP contribution in [-0.2, 0) is 14.8 Å². The molecule has 0 radical (unpaired) electrons. The lowest BCUT2D eigenvalue weighted by Gasteiger charge is -2.12. The van der Waals surface area contributed by atoms with Gasteiger partial charge in [0.25, 0.3) is 0 Å². The zero-order valence-corrected chi connectivity index (χ0v) is 12.8. The number of pyridine rings is 1. The third kappa shape index (κ3) is 4.22. The van der Waals surface area contributed by atoms with Gasteiger partial charge in [-0.1, -0.05) is 12.2 Å². The topological polar surface area (TPSA) is 105 Å². The van der Waals surface area contributed by atoms with Gasteiger partial charge in [0.1, 0.15) is 15.6 Å². The van der Waals surface area contributed by atoms with E-state index < -0.39 is 10.0 Å². The van der Waals surface area contributed by atoms with E-state index in [2.05, 4.69) is 9.71 Å². The predicted octanol–water partition coefficient (Wildman–Crippen LogP) is -0.528. The van der Waals surface area contributed by atoms with Crippen molar-refractivity contribution in [1.82, 2.24) is 14.6 Å². The second kappa shape index (κ2) is 6.73. The monoisotopic (exact) mass is 316 g/mol. The Balaban J connectivity index is 2.85. The molecule has 0 atom stereocenters. The van der Waals surface area contributed by atoms with Crippen molar-refractivity contribution in [1.29, 1.82) is 0 Å². The van der Waals surface area contributed by atoms with Crippen molar-refractivity contribution < 1.29 is 13.2 Å². The molecule has 1 rings (SSSR count). The summed E-state index contributed by atoms with van der Waals surface area (Å²) in [5.74, 6) is -0.173. The van der Waals surface area contributed by atoms with Crippen molar-refractivity contribution in [2.75, 3.05) is 20.6 Å². The number of carbonyl (C=O) groups excluding carboxylic acids is 1. The van der Waals surface area contributed by atoms with E-state index in [1.165, 1.54) is 23.2 Å². The van der Waals surface area contributed by atoms with E-state index in [0.29, 0.717) is 0 Å². The van der Waals surface area contributed by atoms with Crippen LogP contribution in [-0.4, -0.2) is 49.8 Å². The van der Waals surface area contributed by atoms with Crippen LogP contribution in [0.15, 0.2) is 23.2 Å². The Bertz CT molecular complexity index is 614. The number of carbonyl (C=O) groups is 1.